The highest BCUT2D eigenvalue weighted by Crippen LogP contribution is 2.12. The molecule has 1 N–H and O–H groups in total. The first-order valence-electron chi connectivity index (χ1n) is 6.13. The molecule has 0 saturated heterocycles. The summed E-state index contributed by atoms with van der Waals surface area (Å²) >= 11 is 0. The molecule has 0 atom stereocenters. The summed E-state index contributed by atoms with van der Waals surface area (Å²) in [7, 11) is 1.71. The molecule has 0 amide bonds. The third kappa shape index (κ3) is 4.23. The number of hydrogen-bond acceptors (Lipinski definition) is 2. The largest absolute Gasteiger partial charge is 0.497 e. The normalized spacial score (nSPS) is 10.8. The van der Waals surface area contributed by atoms with Gasteiger partial charge in [-0.1, -0.05) is 38.8 Å². The summed E-state index contributed by atoms with van der Waals surface area (Å²) in [5.41, 5.74) is 1.28. The smallest absolute Gasteiger partial charge is 0.119 e. The molecule has 16 heavy (non-hydrogen) atoms. The van der Waals surface area contributed by atoms with Gasteiger partial charge < -0.3 is 10.1 Å². The highest BCUT2D eigenvalue weighted by molar-refractivity contribution is 5.28. The average molecular weight is 221 g/mol. The number of ether oxygens (including phenoxy) is 1. The molecular formula is C14H23NO. The number of hydrogen-bond donors (Lipinski definition) is 1. The molecule has 2 nitrogen and oxygen atoms in total. The third-order valence-electron chi connectivity index (χ3n) is 3.05. The van der Waals surface area contributed by atoms with Gasteiger partial charge in [0.25, 0.3) is 0 Å². The molecule has 0 unspecified atom stereocenters. The summed E-state index contributed by atoms with van der Waals surface area (Å²) in [5.74, 6) is 1.73. The number of methoxy groups -OCH3 is 1. The fourth-order valence-corrected chi connectivity index (χ4v) is 1.78. The molecule has 2 heteroatoms. The van der Waals surface area contributed by atoms with Crippen LogP contribution in [-0.4, -0.2) is 13.7 Å². The molecule has 1 aromatic carbocycles. The summed E-state index contributed by atoms with van der Waals surface area (Å²) < 4.78 is 5.20. The van der Waals surface area contributed by atoms with E-state index in [0.29, 0.717) is 0 Å². The molecule has 0 radical (unpaired) electrons. The quantitative estimate of drug-likeness (QED) is 0.763. The summed E-state index contributed by atoms with van der Waals surface area (Å²) in [6.45, 7) is 6.53. The van der Waals surface area contributed by atoms with Crippen LogP contribution in [-0.2, 0) is 6.54 Å². The van der Waals surface area contributed by atoms with Crippen LogP contribution in [0.5, 0.6) is 5.75 Å². The van der Waals surface area contributed by atoms with E-state index >= 15 is 0 Å². The van der Waals surface area contributed by atoms with E-state index in [2.05, 4.69) is 31.3 Å². The Hall–Kier alpha value is -1.02. The summed E-state index contributed by atoms with van der Waals surface area (Å²) in [6.07, 6.45) is 2.50. The van der Waals surface area contributed by atoms with Crippen molar-refractivity contribution in [1.82, 2.24) is 5.32 Å². The number of nitrogens with one attached hydrogen (secondary N) is 1. The van der Waals surface area contributed by atoms with Crippen molar-refractivity contribution >= 4 is 0 Å². The Morgan fingerprint density at radius 3 is 2.62 bits per heavy atom. The van der Waals surface area contributed by atoms with Crippen LogP contribution in [0.3, 0.4) is 0 Å². The Bertz CT molecular complexity index is 295. The molecule has 1 aromatic rings. The van der Waals surface area contributed by atoms with Crippen molar-refractivity contribution in [2.24, 2.45) is 5.92 Å². The fourth-order valence-electron chi connectivity index (χ4n) is 1.78. The minimum Gasteiger partial charge on any atom is -0.497 e. The zero-order valence-electron chi connectivity index (χ0n) is 10.6. The van der Waals surface area contributed by atoms with Crippen LogP contribution in [0.25, 0.3) is 0 Å². The van der Waals surface area contributed by atoms with E-state index in [0.717, 1.165) is 24.8 Å². The van der Waals surface area contributed by atoms with Gasteiger partial charge in [0, 0.05) is 6.54 Å². The Balaban J connectivity index is 2.36. The molecule has 0 heterocycles. The van der Waals surface area contributed by atoms with Crippen LogP contribution < -0.4 is 10.1 Å². The van der Waals surface area contributed by atoms with Gasteiger partial charge in [-0.15, -0.1) is 0 Å². The molecule has 0 aromatic heterocycles. The van der Waals surface area contributed by atoms with Gasteiger partial charge in [-0.05, 0) is 30.2 Å². The first-order valence-corrected chi connectivity index (χ1v) is 6.13. The topological polar surface area (TPSA) is 21.3 Å². The highest BCUT2D eigenvalue weighted by Gasteiger charge is 2.02. The standard InChI is InChI=1S/C14H23NO/c1-4-12(5-2)10-15-11-13-7-6-8-14(9-13)16-3/h6-9,12,15H,4-5,10-11H2,1-3H3. The van der Waals surface area contributed by atoms with Crippen molar-refractivity contribution < 1.29 is 4.74 Å². The summed E-state index contributed by atoms with van der Waals surface area (Å²) in [4.78, 5) is 0. The van der Waals surface area contributed by atoms with E-state index in [9.17, 15) is 0 Å². The van der Waals surface area contributed by atoms with Gasteiger partial charge in [0.15, 0.2) is 0 Å². The van der Waals surface area contributed by atoms with Gasteiger partial charge in [-0.25, -0.2) is 0 Å². The van der Waals surface area contributed by atoms with Gasteiger partial charge in [0.1, 0.15) is 5.75 Å². The number of benzene rings is 1. The lowest BCUT2D eigenvalue weighted by atomic mass is 10.0. The zero-order valence-corrected chi connectivity index (χ0v) is 10.6. The second kappa shape index (κ2) is 7.29. The number of rotatable bonds is 7. The lowest BCUT2D eigenvalue weighted by Gasteiger charge is -2.13. The third-order valence-corrected chi connectivity index (χ3v) is 3.05. The van der Waals surface area contributed by atoms with Crippen molar-refractivity contribution in [3.63, 3.8) is 0 Å². The minimum atomic E-state index is 0.797. The van der Waals surface area contributed by atoms with E-state index in [1.165, 1.54) is 18.4 Å². The van der Waals surface area contributed by atoms with Crippen LogP contribution in [0.4, 0.5) is 0 Å². The molecule has 0 bridgehead atoms. The van der Waals surface area contributed by atoms with Gasteiger partial charge in [0.05, 0.1) is 7.11 Å². The predicted molar refractivity (Wildman–Crippen MR) is 68.8 cm³/mol. The van der Waals surface area contributed by atoms with Crippen LogP contribution in [0.1, 0.15) is 32.3 Å². The van der Waals surface area contributed by atoms with Crippen molar-refractivity contribution in [3.05, 3.63) is 29.8 Å². The van der Waals surface area contributed by atoms with Crippen molar-refractivity contribution in [1.29, 1.82) is 0 Å². The van der Waals surface area contributed by atoms with Gasteiger partial charge in [-0.3, -0.25) is 0 Å². The Labute approximate surface area is 99.0 Å². The van der Waals surface area contributed by atoms with E-state index in [4.69, 9.17) is 4.74 Å². The Morgan fingerprint density at radius 2 is 2.00 bits per heavy atom. The van der Waals surface area contributed by atoms with Crippen molar-refractivity contribution in [2.75, 3.05) is 13.7 Å². The monoisotopic (exact) mass is 221 g/mol. The van der Waals surface area contributed by atoms with Crippen LogP contribution >= 0.6 is 0 Å². The zero-order chi connectivity index (χ0) is 11.8. The molecule has 0 fully saturated rings. The van der Waals surface area contributed by atoms with Crippen molar-refractivity contribution in [3.8, 4) is 5.75 Å². The van der Waals surface area contributed by atoms with E-state index < -0.39 is 0 Å². The van der Waals surface area contributed by atoms with Gasteiger partial charge in [0.2, 0.25) is 0 Å². The molecule has 90 valence electrons. The van der Waals surface area contributed by atoms with Gasteiger partial charge >= 0.3 is 0 Å². The highest BCUT2D eigenvalue weighted by atomic mass is 16.5. The summed E-state index contributed by atoms with van der Waals surface area (Å²) in [6, 6.07) is 8.22. The Morgan fingerprint density at radius 1 is 1.25 bits per heavy atom. The average Bonchev–Trinajstić information content (AvgIpc) is 2.35. The molecule has 0 spiro atoms. The van der Waals surface area contributed by atoms with Gasteiger partial charge in [-0.2, -0.15) is 0 Å². The Kier molecular flexibility index (Phi) is 5.94. The molecule has 0 saturated carbocycles. The lowest BCUT2D eigenvalue weighted by Crippen LogP contribution is -2.21. The van der Waals surface area contributed by atoms with Crippen LogP contribution in [0.15, 0.2) is 24.3 Å². The first-order chi connectivity index (χ1) is 7.80. The summed E-state index contributed by atoms with van der Waals surface area (Å²) in [5, 5.41) is 3.50. The molecule has 0 aliphatic rings. The minimum absolute atomic E-state index is 0.797. The first kappa shape index (κ1) is 13.0. The SMILES string of the molecule is CCC(CC)CNCc1cccc(OC)c1. The van der Waals surface area contributed by atoms with E-state index in [1.54, 1.807) is 7.11 Å². The molecule has 0 aliphatic carbocycles. The second-order valence-electron chi connectivity index (χ2n) is 4.16. The van der Waals surface area contributed by atoms with E-state index in [1.807, 2.05) is 12.1 Å². The lowest BCUT2D eigenvalue weighted by molar-refractivity contribution is 0.413. The maximum atomic E-state index is 5.20. The van der Waals surface area contributed by atoms with E-state index in [-0.39, 0.29) is 0 Å². The van der Waals surface area contributed by atoms with Crippen molar-refractivity contribution in [2.45, 2.75) is 33.2 Å². The molecule has 0 aliphatic heterocycles. The van der Waals surface area contributed by atoms with Crippen LogP contribution in [0.2, 0.25) is 0 Å². The maximum Gasteiger partial charge on any atom is 0.119 e. The second-order valence-corrected chi connectivity index (χ2v) is 4.16. The fraction of sp³-hybridized carbons (Fsp3) is 0.571. The molecular weight excluding hydrogens is 198 g/mol. The maximum absolute atomic E-state index is 5.20. The van der Waals surface area contributed by atoms with Crippen LogP contribution in [0, 0.1) is 5.92 Å². The predicted octanol–water partition coefficient (Wildman–Crippen LogP) is 3.22. The molecule has 1 rings (SSSR count).